The molecule has 2 aromatic carbocycles. The van der Waals surface area contributed by atoms with Gasteiger partial charge in [-0.2, -0.15) is 4.31 Å². The zero-order valence-electron chi connectivity index (χ0n) is 16.1. The summed E-state index contributed by atoms with van der Waals surface area (Å²) in [6.07, 6.45) is 1.76. The van der Waals surface area contributed by atoms with Crippen LogP contribution in [0.5, 0.6) is 5.75 Å². The minimum atomic E-state index is -3.52. The summed E-state index contributed by atoms with van der Waals surface area (Å²) in [5, 5.41) is 5.79. The second kappa shape index (κ2) is 8.62. The van der Waals surface area contributed by atoms with Crippen LogP contribution in [-0.4, -0.2) is 45.4 Å². The maximum Gasteiger partial charge on any atom is 0.243 e. The molecule has 1 aliphatic heterocycles. The van der Waals surface area contributed by atoms with E-state index in [0.717, 1.165) is 24.1 Å². The highest BCUT2D eigenvalue weighted by atomic mass is 32.2. The Kier molecular flexibility index (Phi) is 6.21. The average Bonchev–Trinajstić information content (AvgIpc) is 3.22. The van der Waals surface area contributed by atoms with Gasteiger partial charge in [-0.1, -0.05) is 12.1 Å². The van der Waals surface area contributed by atoms with Gasteiger partial charge < -0.3 is 15.4 Å². The quantitative estimate of drug-likeness (QED) is 0.742. The Morgan fingerprint density at radius 3 is 2.61 bits per heavy atom. The summed E-state index contributed by atoms with van der Waals surface area (Å²) < 4.78 is 32.1. The number of amides is 1. The molecule has 7 nitrogen and oxygen atoms in total. The zero-order chi connectivity index (χ0) is 20.1. The first-order valence-corrected chi connectivity index (χ1v) is 10.6. The predicted octanol–water partition coefficient (Wildman–Crippen LogP) is 2.84. The second-order valence-electron chi connectivity index (χ2n) is 6.74. The van der Waals surface area contributed by atoms with Gasteiger partial charge >= 0.3 is 0 Å². The lowest BCUT2D eigenvalue weighted by Gasteiger charge is -2.16. The number of hydrogen-bond acceptors (Lipinski definition) is 5. The molecule has 0 aliphatic carbocycles. The summed E-state index contributed by atoms with van der Waals surface area (Å²) in [5.74, 6) is 0.372. The summed E-state index contributed by atoms with van der Waals surface area (Å²) in [7, 11) is -1.94. The Bertz CT molecular complexity index is 954. The van der Waals surface area contributed by atoms with Crippen molar-refractivity contribution in [2.75, 3.05) is 37.4 Å². The number of nitrogens with zero attached hydrogens (tertiary/aromatic N) is 1. The number of aryl methyl sites for hydroxylation is 1. The minimum Gasteiger partial charge on any atom is -0.495 e. The van der Waals surface area contributed by atoms with Gasteiger partial charge in [0.15, 0.2) is 0 Å². The van der Waals surface area contributed by atoms with Crippen molar-refractivity contribution in [3.05, 3.63) is 48.0 Å². The molecule has 2 aromatic rings. The summed E-state index contributed by atoms with van der Waals surface area (Å²) in [6, 6.07) is 12.0. The van der Waals surface area contributed by atoms with Crippen molar-refractivity contribution >= 4 is 27.3 Å². The average molecular weight is 404 g/mol. The van der Waals surface area contributed by atoms with Crippen molar-refractivity contribution in [3.63, 3.8) is 0 Å². The normalized spacial score (nSPS) is 14.6. The molecule has 1 saturated heterocycles. The van der Waals surface area contributed by atoms with Crippen LogP contribution < -0.4 is 15.4 Å². The standard InChI is InChI=1S/C20H25N3O4S/c1-15-8-9-19(27-2)18(12-15)21-14-20(24)22-16-6-5-7-17(13-16)28(25,26)23-10-3-4-11-23/h5-9,12-13,21H,3-4,10-11,14H2,1-2H3,(H,22,24). The number of rotatable bonds is 7. The van der Waals surface area contributed by atoms with Crippen molar-refractivity contribution < 1.29 is 17.9 Å². The molecular weight excluding hydrogens is 378 g/mol. The van der Waals surface area contributed by atoms with Gasteiger partial charge in [-0.05, 0) is 55.7 Å². The number of hydrogen-bond donors (Lipinski definition) is 2. The molecule has 0 bridgehead atoms. The maximum absolute atomic E-state index is 12.7. The molecular formula is C20H25N3O4S. The first-order valence-electron chi connectivity index (χ1n) is 9.19. The molecule has 1 aliphatic rings. The zero-order valence-corrected chi connectivity index (χ0v) is 16.9. The first kappa shape index (κ1) is 20.2. The Morgan fingerprint density at radius 1 is 1.14 bits per heavy atom. The van der Waals surface area contributed by atoms with Crippen LogP contribution in [0.15, 0.2) is 47.4 Å². The number of ether oxygens (including phenoxy) is 1. The fraction of sp³-hybridized carbons (Fsp3) is 0.350. The Hall–Kier alpha value is -2.58. The number of carbonyl (C=O) groups is 1. The van der Waals surface area contributed by atoms with Crippen LogP contribution in [0.4, 0.5) is 11.4 Å². The van der Waals surface area contributed by atoms with Crippen LogP contribution in [0.25, 0.3) is 0 Å². The fourth-order valence-corrected chi connectivity index (χ4v) is 4.72. The van der Waals surface area contributed by atoms with Crippen LogP contribution in [0, 0.1) is 6.92 Å². The van der Waals surface area contributed by atoms with E-state index in [1.54, 1.807) is 25.3 Å². The number of carbonyl (C=O) groups excluding carboxylic acids is 1. The van der Waals surface area contributed by atoms with Crippen LogP contribution in [0.1, 0.15) is 18.4 Å². The molecule has 0 radical (unpaired) electrons. The molecule has 1 amide bonds. The second-order valence-corrected chi connectivity index (χ2v) is 8.68. The molecule has 0 atom stereocenters. The van der Waals surface area contributed by atoms with E-state index in [4.69, 9.17) is 4.74 Å². The highest BCUT2D eigenvalue weighted by molar-refractivity contribution is 7.89. The molecule has 2 N–H and O–H groups in total. The van der Waals surface area contributed by atoms with E-state index in [-0.39, 0.29) is 17.3 Å². The smallest absolute Gasteiger partial charge is 0.243 e. The van der Waals surface area contributed by atoms with Crippen molar-refractivity contribution in [3.8, 4) is 5.75 Å². The van der Waals surface area contributed by atoms with Crippen LogP contribution >= 0.6 is 0 Å². The lowest BCUT2D eigenvalue weighted by Crippen LogP contribution is -2.28. The first-order chi connectivity index (χ1) is 13.4. The Labute approximate surface area is 165 Å². The maximum atomic E-state index is 12.7. The SMILES string of the molecule is COc1ccc(C)cc1NCC(=O)Nc1cccc(S(=O)(=O)N2CCCC2)c1. The third kappa shape index (κ3) is 4.63. The number of nitrogens with one attached hydrogen (secondary N) is 2. The molecule has 28 heavy (non-hydrogen) atoms. The van der Waals surface area contributed by atoms with E-state index in [1.165, 1.54) is 10.4 Å². The lowest BCUT2D eigenvalue weighted by molar-refractivity contribution is -0.114. The number of sulfonamides is 1. The van der Waals surface area contributed by atoms with Crippen molar-refractivity contribution in [1.29, 1.82) is 0 Å². The highest BCUT2D eigenvalue weighted by Crippen LogP contribution is 2.25. The largest absolute Gasteiger partial charge is 0.495 e. The summed E-state index contributed by atoms with van der Waals surface area (Å²) in [5.41, 5.74) is 2.22. The summed E-state index contributed by atoms with van der Waals surface area (Å²) in [4.78, 5) is 12.5. The monoisotopic (exact) mass is 403 g/mol. The Balaban J connectivity index is 1.66. The minimum absolute atomic E-state index is 0.0307. The molecule has 0 spiro atoms. The van der Waals surface area contributed by atoms with Gasteiger partial charge in [-0.25, -0.2) is 8.42 Å². The van der Waals surface area contributed by atoms with E-state index in [2.05, 4.69) is 10.6 Å². The fourth-order valence-electron chi connectivity index (χ4n) is 3.15. The van der Waals surface area contributed by atoms with Crippen LogP contribution in [0.3, 0.4) is 0 Å². The lowest BCUT2D eigenvalue weighted by atomic mass is 10.2. The number of benzene rings is 2. The van der Waals surface area contributed by atoms with Gasteiger partial charge in [0.05, 0.1) is 24.2 Å². The van der Waals surface area contributed by atoms with Crippen LogP contribution in [-0.2, 0) is 14.8 Å². The predicted molar refractivity (Wildman–Crippen MR) is 109 cm³/mol. The highest BCUT2D eigenvalue weighted by Gasteiger charge is 2.27. The molecule has 0 saturated carbocycles. The van der Waals surface area contributed by atoms with Gasteiger partial charge in [0.25, 0.3) is 0 Å². The summed E-state index contributed by atoms with van der Waals surface area (Å²) in [6.45, 7) is 3.07. The third-order valence-corrected chi connectivity index (χ3v) is 6.51. The topological polar surface area (TPSA) is 87.7 Å². The van der Waals surface area contributed by atoms with Gasteiger partial charge in [0, 0.05) is 18.8 Å². The van der Waals surface area contributed by atoms with Gasteiger partial charge in [-0.15, -0.1) is 0 Å². The van der Waals surface area contributed by atoms with E-state index in [9.17, 15) is 13.2 Å². The Morgan fingerprint density at radius 2 is 1.89 bits per heavy atom. The molecule has 1 fully saturated rings. The van der Waals surface area contributed by atoms with E-state index >= 15 is 0 Å². The molecule has 0 aromatic heterocycles. The molecule has 8 heteroatoms. The molecule has 0 unspecified atom stereocenters. The van der Waals surface area contributed by atoms with E-state index < -0.39 is 10.0 Å². The molecule has 150 valence electrons. The van der Waals surface area contributed by atoms with E-state index in [1.807, 2.05) is 25.1 Å². The molecule has 3 rings (SSSR count). The van der Waals surface area contributed by atoms with E-state index in [0.29, 0.717) is 24.5 Å². The van der Waals surface area contributed by atoms with Crippen molar-refractivity contribution in [2.24, 2.45) is 0 Å². The van der Waals surface area contributed by atoms with Crippen molar-refractivity contribution in [1.82, 2.24) is 4.31 Å². The van der Waals surface area contributed by atoms with Gasteiger partial charge in [0.2, 0.25) is 15.9 Å². The third-order valence-electron chi connectivity index (χ3n) is 4.61. The van der Waals surface area contributed by atoms with Crippen LogP contribution in [0.2, 0.25) is 0 Å². The molecule has 1 heterocycles. The number of methoxy groups -OCH3 is 1. The van der Waals surface area contributed by atoms with Crippen molar-refractivity contribution in [2.45, 2.75) is 24.7 Å². The van der Waals surface area contributed by atoms with Gasteiger partial charge in [-0.3, -0.25) is 4.79 Å². The van der Waals surface area contributed by atoms with Gasteiger partial charge in [0.1, 0.15) is 5.75 Å². The summed E-state index contributed by atoms with van der Waals surface area (Å²) >= 11 is 0. The number of anilines is 2.